The topological polar surface area (TPSA) is 20.3 Å². The van der Waals surface area contributed by atoms with E-state index in [1.165, 1.54) is 6.42 Å². The molecule has 1 aliphatic rings. The van der Waals surface area contributed by atoms with Crippen LogP contribution < -0.4 is 0 Å². The average molecular weight is 378 g/mol. The summed E-state index contributed by atoms with van der Waals surface area (Å²) in [6.07, 6.45) is 3.39. The van der Waals surface area contributed by atoms with Gasteiger partial charge in [-0.05, 0) is 73.9 Å². The van der Waals surface area contributed by atoms with Crippen molar-refractivity contribution in [2.75, 3.05) is 0 Å². The van der Waals surface area contributed by atoms with Crippen LogP contribution in [0, 0.1) is 3.57 Å². The summed E-state index contributed by atoms with van der Waals surface area (Å²) >= 11 is 8.19. The van der Waals surface area contributed by atoms with Gasteiger partial charge in [-0.1, -0.05) is 11.6 Å². The second-order valence-electron chi connectivity index (χ2n) is 4.97. The lowest BCUT2D eigenvalue weighted by Crippen LogP contribution is -2.47. The van der Waals surface area contributed by atoms with Gasteiger partial charge in [0, 0.05) is 20.7 Å². The summed E-state index contributed by atoms with van der Waals surface area (Å²) in [6.45, 7) is 4.26. The summed E-state index contributed by atoms with van der Waals surface area (Å²) in [7, 11) is 0. The van der Waals surface area contributed by atoms with Gasteiger partial charge in [-0.2, -0.15) is 0 Å². The number of piperidine rings is 1. The molecule has 4 heteroatoms. The molecule has 1 aromatic rings. The number of benzene rings is 1. The highest BCUT2D eigenvalue weighted by Gasteiger charge is 2.30. The molecule has 0 bridgehead atoms. The normalized spacial score (nSPS) is 24.1. The molecule has 1 fully saturated rings. The minimum Gasteiger partial charge on any atom is -0.333 e. The predicted octanol–water partition coefficient (Wildman–Crippen LogP) is 4.35. The standard InChI is InChI=1S/C14H17ClINO/c1-9-4-3-5-10(2)17(9)14(18)12-8-11(15)6-7-13(12)16/h6-10H,3-5H2,1-2H3/t9-,10+. The van der Waals surface area contributed by atoms with Crippen molar-refractivity contribution in [3.63, 3.8) is 0 Å². The molecule has 1 amide bonds. The fourth-order valence-corrected chi connectivity index (χ4v) is 3.36. The first-order chi connectivity index (χ1) is 8.50. The van der Waals surface area contributed by atoms with Crippen molar-refractivity contribution in [3.05, 3.63) is 32.4 Å². The third kappa shape index (κ3) is 2.82. The van der Waals surface area contributed by atoms with E-state index in [2.05, 4.69) is 36.4 Å². The van der Waals surface area contributed by atoms with Gasteiger partial charge in [0.15, 0.2) is 0 Å². The summed E-state index contributed by atoms with van der Waals surface area (Å²) in [5.41, 5.74) is 0.726. The highest BCUT2D eigenvalue weighted by Crippen LogP contribution is 2.27. The van der Waals surface area contributed by atoms with Crippen molar-refractivity contribution in [1.82, 2.24) is 4.90 Å². The molecule has 1 aliphatic heterocycles. The molecule has 0 saturated carbocycles. The van der Waals surface area contributed by atoms with E-state index < -0.39 is 0 Å². The number of nitrogens with zero attached hydrogens (tertiary/aromatic N) is 1. The lowest BCUT2D eigenvalue weighted by atomic mass is 9.96. The molecule has 18 heavy (non-hydrogen) atoms. The largest absolute Gasteiger partial charge is 0.333 e. The van der Waals surface area contributed by atoms with Crippen molar-refractivity contribution in [1.29, 1.82) is 0 Å². The van der Waals surface area contributed by atoms with E-state index in [-0.39, 0.29) is 5.91 Å². The number of hydrogen-bond donors (Lipinski definition) is 0. The Bertz CT molecular complexity index is 453. The second-order valence-corrected chi connectivity index (χ2v) is 6.56. The molecule has 0 aliphatic carbocycles. The average Bonchev–Trinajstić information content (AvgIpc) is 2.32. The van der Waals surface area contributed by atoms with E-state index in [1.807, 2.05) is 17.0 Å². The molecule has 0 unspecified atom stereocenters. The predicted molar refractivity (Wildman–Crippen MR) is 83.1 cm³/mol. The number of amides is 1. The van der Waals surface area contributed by atoms with Crippen LogP contribution in [0.5, 0.6) is 0 Å². The molecule has 0 spiro atoms. The Morgan fingerprint density at radius 1 is 1.33 bits per heavy atom. The first-order valence-electron chi connectivity index (χ1n) is 6.28. The fraction of sp³-hybridized carbons (Fsp3) is 0.500. The van der Waals surface area contributed by atoms with Crippen LogP contribution in [-0.2, 0) is 0 Å². The van der Waals surface area contributed by atoms with E-state index >= 15 is 0 Å². The Balaban J connectivity index is 2.32. The fourth-order valence-electron chi connectivity index (χ4n) is 2.62. The maximum atomic E-state index is 12.7. The Kier molecular flexibility index (Phi) is 4.54. The van der Waals surface area contributed by atoms with Crippen LogP contribution >= 0.6 is 34.2 Å². The van der Waals surface area contributed by atoms with E-state index in [0.29, 0.717) is 17.1 Å². The van der Waals surface area contributed by atoms with Crippen LogP contribution in [0.3, 0.4) is 0 Å². The molecule has 0 N–H and O–H groups in total. The van der Waals surface area contributed by atoms with Gasteiger partial charge in [0.25, 0.3) is 5.91 Å². The van der Waals surface area contributed by atoms with Gasteiger partial charge in [0.1, 0.15) is 0 Å². The van der Waals surface area contributed by atoms with Crippen LogP contribution in [0.4, 0.5) is 0 Å². The van der Waals surface area contributed by atoms with Gasteiger partial charge < -0.3 is 4.90 Å². The summed E-state index contributed by atoms with van der Waals surface area (Å²) in [4.78, 5) is 14.7. The first kappa shape index (κ1) is 14.1. The Morgan fingerprint density at radius 2 is 1.94 bits per heavy atom. The molecule has 2 nitrogen and oxygen atoms in total. The quantitative estimate of drug-likeness (QED) is 0.666. The Morgan fingerprint density at radius 3 is 2.56 bits per heavy atom. The lowest BCUT2D eigenvalue weighted by Gasteiger charge is -2.39. The molecule has 1 saturated heterocycles. The summed E-state index contributed by atoms with van der Waals surface area (Å²) in [5.74, 6) is 0.113. The minimum absolute atomic E-state index is 0.113. The number of likely N-dealkylation sites (tertiary alicyclic amines) is 1. The molecule has 1 aromatic carbocycles. The number of hydrogen-bond acceptors (Lipinski definition) is 1. The van der Waals surface area contributed by atoms with Gasteiger partial charge in [-0.25, -0.2) is 0 Å². The van der Waals surface area contributed by atoms with E-state index in [1.54, 1.807) is 6.07 Å². The molecular weight excluding hydrogens is 361 g/mol. The van der Waals surface area contributed by atoms with Gasteiger partial charge in [0.05, 0.1) is 5.56 Å². The Labute approximate surface area is 127 Å². The van der Waals surface area contributed by atoms with Crippen LogP contribution in [0.15, 0.2) is 18.2 Å². The molecular formula is C14H17ClINO. The van der Waals surface area contributed by atoms with Gasteiger partial charge in [0.2, 0.25) is 0 Å². The zero-order chi connectivity index (χ0) is 13.3. The molecule has 1 heterocycles. The van der Waals surface area contributed by atoms with E-state index in [0.717, 1.165) is 22.0 Å². The molecule has 2 atom stereocenters. The first-order valence-corrected chi connectivity index (χ1v) is 7.74. The van der Waals surface area contributed by atoms with Crippen molar-refractivity contribution < 1.29 is 4.79 Å². The second kappa shape index (κ2) is 5.78. The van der Waals surface area contributed by atoms with Crippen LogP contribution in [0.2, 0.25) is 5.02 Å². The smallest absolute Gasteiger partial charge is 0.255 e. The number of carbonyl (C=O) groups excluding carboxylic acids is 1. The molecule has 98 valence electrons. The summed E-state index contributed by atoms with van der Waals surface area (Å²) in [5, 5.41) is 0.621. The van der Waals surface area contributed by atoms with Crippen molar-refractivity contribution in [2.24, 2.45) is 0 Å². The van der Waals surface area contributed by atoms with Crippen molar-refractivity contribution >= 4 is 40.1 Å². The van der Waals surface area contributed by atoms with Crippen LogP contribution in [0.1, 0.15) is 43.5 Å². The van der Waals surface area contributed by atoms with Crippen molar-refractivity contribution in [2.45, 2.75) is 45.2 Å². The number of halogens is 2. The third-order valence-electron chi connectivity index (χ3n) is 3.59. The van der Waals surface area contributed by atoms with Gasteiger partial charge in [-0.3, -0.25) is 4.79 Å². The monoisotopic (exact) mass is 377 g/mol. The summed E-state index contributed by atoms with van der Waals surface area (Å²) < 4.78 is 0.965. The molecule has 0 radical (unpaired) electrons. The summed E-state index contributed by atoms with van der Waals surface area (Å²) in [6, 6.07) is 6.13. The van der Waals surface area contributed by atoms with Crippen LogP contribution in [-0.4, -0.2) is 22.9 Å². The maximum absolute atomic E-state index is 12.7. The highest BCUT2D eigenvalue weighted by atomic mass is 127. The van der Waals surface area contributed by atoms with E-state index in [4.69, 9.17) is 11.6 Å². The van der Waals surface area contributed by atoms with Crippen molar-refractivity contribution in [3.8, 4) is 0 Å². The Hall–Kier alpha value is -0.290. The SMILES string of the molecule is C[C@@H]1CCC[C@H](C)N1C(=O)c1cc(Cl)ccc1I. The molecule has 0 aromatic heterocycles. The van der Waals surface area contributed by atoms with Gasteiger partial charge in [-0.15, -0.1) is 0 Å². The zero-order valence-electron chi connectivity index (χ0n) is 10.6. The lowest BCUT2D eigenvalue weighted by molar-refractivity contribution is 0.0509. The third-order valence-corrected chi connectivity index (χ3v) is 4.76. The number of rotatable bonds is 1. The zero-order valence-corrected chi connectivity index (χ0v) is 13.5. The highest BCUT2D eigenvalue weighted by molar-refractivity contribution is 14.1. The number of carbonyl (C=O) groups is 1. The molecule has 2 rings (SSSR count). The van der Waals surface area contributed by atoms with E-state index in [9.17, 15) is 4.79 Å². The maximum Gasteiger partial charge on any atom is 0.255 e. The van der Waals surface area contributed by atoms with Gasteiger partial charge >= 0.3 is 0 Å². The van der Waals surface area contributed by atoms with Crippen LogP contribution in [0.25, 0.3) is 0 Å². The minimum atomic E-state index is 0.113.